The third-order valence-corrected chi connectivity index (χ3v) is 3.99. The fourth-order valence-corrected chi connectivity index (χ4v) is 2.91. The summed E-state index contributed by atoms with van der Waals surface area (Å²) in [4.78, 5) is 26.0. The molecule has 1 N–H and O–H groups in total. The minimum Gasteiger partial charge on any atom is -0.444 e. The molecule has 0 unspecified atom stereocenters. The molecule has 0 radical (unpaired) electrons. The highest BCUT2D eigenvalue weighted by Gasteiger charge is 2.51. The Bertz CT molecular complexity index is 734. The SMILES string of the molecule is CC(C)(C)OC(=O)NC1(c2cc(Cl)ccc2F)CN(C(=O)OC(C)(C)C)C1. The number of hydrogen-bond donors (Lipinski definition) is 1. The number of nitrogens with one attached hydrogen (secondary N) is 1. The van der Waals surface area contributed by atoms with Crippen LogP contribution in [0.5, 0.6) is 0 Å². The van der Waals surface area contributed by atoms with Gasteiger partial charge in [-0.15, -0.1) is 0 Å². The van der Waals surface area contributed by atoms with Crippen LogP contribution in [0.1, 0.15) is 47.1 Å². The largest absolute Gasteiger partial charge is 0.444 e. The number of carbonyl (C=O) groups excluding carboxylic acids is 2. The van der Waals surface area contributed by atoms with E-state index in [2.05, 4.69) is 5.32 Å². The summed E-state index contributed by atoms with van der Waals surface area (Å²) in [6.07, 6.45) is -1.24. The lowest BCUT2D eigenvalue weighted by atomic mass is 9.82. The lowest BCUT2D eigenvalue weighted by Crippen LogP contribution is -2.69. The van der Waals surface area contributed by atoms with Crippen molar-refractivity contribution in [2.45, 2.75) is 58.3 Å². The number of amides is 2. The van der Waals surface area contributed by atoms with Crippen molar-refractivity contribution in [2.24, 2.45) is 0 Å². The molecule has 6 nitrogen and oxygen atoms in total. The number of rotatable bonds is 2. The first kappa shape index (κ1) is 21.3. The van der Waals surface area contributed by atoms with Gasteiger partial charge in [-0.2, -0.15) is 0 Å². The number of likely N-dealkylation sites (tertiary alicyclic amines) is 1. The van der Waals surface area contributed by atoms with E-state index in [0.717, 1.165) is 0 Å². The van der Waals surface area contributed by atoms with Crippen molar-refractivity contribution in [3.8, 4) is 0 Å². The van der Waals surface area contributed by atoms with Crippen molar-refractivity contribution in [1.82, 2.24) is 10.2 Å². The van der Waals surface area contributed by atoms with Gasteiger partial charge in [0, 0.05) is 10.6 Å². The van der Waals surface area contributed by atoms with Crippen LogP contribution < -0.4 is 5.32 Å². The molecule has 0 bridgehead atoms. The van der Waals surface area contributed by atoms with Gasteiger partial charge in [0.1, 0.15) is 22.6 Å². The standard InChI is InChI=1S/C19H26ClFN2O4/c1-17(2,3)26-15(24)22-19(13-9-12(20)7-8-14(13)21)10-23(11-19)16(25)27-18(4,5)6/h7-9H,10-11H2,1-6H3,(H,22,24). The van der Waals surface area contributed by atoms with E-state index in [9.17, 15) is 14.0 Å². The van der Waals surface area contributed by atoms with Crippen LogP contribution in [-0.4, -0.2) is 41.4 Å². The van der Waals surface area contributed by atoms with Crippen LogP contribution in [0.25, 0.3) is 0 Å². The Morgan fingerprint density at radius 2 is 1.67 bits per heavy atom. The lowest BCUT2D eigenvalue weighted by molar-refractivity contribution is -0.0238. The van der Waals surface area contributed by atoms with Gasteiger partial charge in [0.2, 0.25) is 0 Å². The Kier molecular flexibility index (Phi) is 5.66. The first-order valence-electron chi connectivity index (χ1n) is 8.65. The van der Waals surface area contributed by atoms with Crippen LogP contribution in [-0.2, 0) is 15.0 Å². The number of ether oxygens (including phenoxy) is 2. The summed E-state index contributed by atoms with van der Waals surface area (Å²) < 4.78 is 25.1. The Morgan fingerprint density at radius 3 is 2.19 bits per heavy atom. The van der Waals surface area contributed by atoms with Gasteiger partial charge in [0.25, 0.3) is 0 Å². The monoisotopic (exact) mass is 400 g/mol. The third-order valence-electron chi connectivity index (χ3n) is 3.76. The predicted octanol–water partition coefficient (Wildman–Crippen LogP) is 4.45. The molecule has 1 saturated heterocycles. The maximum atomic E-state index is 14.5. The second kappa shape index (κ2) is 7.19. The van der Waals surface area contributed by atoms with Gasteiger partial charge in [-0.1, -0.05) is 11.6 Å². The van der Waals surface area contributed by atoms with Crippen LogP contribution in [0, 0.1) is 5.82 Å². The van der Waals surface area contributed by atoms with E-state index < -0.39 is 34.7 Å². The number of benzene rings is 1. The average Bonchev–Trinajstić information content (AvgIpc) is 2.41. The third kappa shape index (κ3) is 5.48. The molecule has 0 aromatic heterocycles. The smallest absolute Gasteiger partial charge is 0.410 e. The Labute approximate surface area is 163 Å². The van der Waals surface area contributed by atoms with E-state index in [4.69, 9.17) is 21.1 Å². The van der Waals surface area contributed by atoms with Crippen LogP contribution in [0.3, 0.4) is 0 Å². The van der Waals surface area contributed by atoms with E-state index >= 15 is 0 Å². The number of nitrogens with zero attached hydrogens (tertiary/aromatic N) is 1. The van der Waals surface area contributed by atoms with Crippen LogP contribution in [0.2, 0.25) is 5.02 Å². The summed E-state index contributed by atoms with van der Waals surface area (Å²) in [6.45, 7) is 10.5. The molecule has 2 amide bonds. The normalized spacial score (nSPS) is 16.4. The molecule has 1 aliphatic rings. The zero-order chi connectivity index (χ0) is 20.6. The summed E-state index contributed by atoms with van der Waals surface area (Å²) >= 11 is 6.02. The molecule has 0 saturated carbocycles. The second-order valence-electron chi connectivity index (χ2n) is 8.67. The number of hydrogen-bond acceptors (Lipinski definition) is 4. The first-order valence-corrected chi connectivity index (χ1v) is 9.03. The van der Waals surface area contributed by atoms with Crippen molar-refractivity contribution in [3.63, 3.8) is 0 Å². The highest BCUT2D eigenvalue weighted by atomic mass is 35.5. The summed E-state index contributed by atoms with van der Waals surface area (Å²) in [5, 5.41) is 3.04. The molecule has 27 heavy (non-hydrogen) atoms. The zero-order valence-corrected chi connectivity index (χ0v) is 17.2. The van der Waals surface area contributed by atoms with Crippen LogP contribution in [0.15, 0.2) is 18.2 Å². The summed E-state index contributed by atoms with van der Waals surface area (Å²) in [6, 6.07) is 4.10. The van der Waals surface area contributed by atoms with Crippen LogP contribution >= 0.6 is 11.6 Å². The van der Waals surface area contributed by atoms with Gasteiger partial charge >= 0.3 is 12.2 Å². The van der Waals surface area contributed by atoms with E-state index in [1.807, 2.05) is 0 Å². The van der Waals surface area contributed by atoms with E-state index in [1.54, 1.807) is 41.5 Å². The quantitative estimate of drug-likeness (QED) is 0.796. The Hall–Kier alpha value is -2.02. The molecule has 150 valence electrons. The van der Waals surface area contributed by atoms with Crippen molar-refractivity contribution >= 4 is 23.8 Å². The van der Waals surface area contributed by atoms with Gasteiger partial charge in [0.15, 0.2) is 0 Å². The number of alkyl carbamates (subject to hydrolysis) is 1. The summed E-state index contributed by atoms with van der Waals surface area (Å²) in [5.74, 6) is -0.528. The van der Waals surface area contributed by atoms with E-state index in [-0.39, 0.29) is 18.7 Å². The minimum absolute atomic E-state index is 0.0401. The summed E-state index contributed by atoms with van der Waals surface area (Å²) in [7, 11) is 0. The molecular weight excluding hydrogens is 375 g/mol. The molecule has 0 spiro atoms. The maximum absolute atomic E-state index is 14.5. The van der Waals surface area contributed by atoms with Gasteiger partial charge in [-0.25, -0.2) is 14.0 Å². The maximum Gasteiger partial charge on any atom is 0.410 e. The molecule has 1 heterocycles. The van der Waals surface area contributed by atoms with Gasteiger partial charge < -0.3 is 19.7 Å². The molecular formula is C19H26ClFN2O4. The minimum atomic E-state index is -1.14. The Balaban J connectivity index is 2.26. The van der Waals surface area contributed by atoms with Crippen LogP contribution in [0.4, 0.5) is 14.0 Å². The molecule has 0 aliphatic carbocycles. The molecule has 1 fully saturated rings. The zero-order valence-electron chi connectivity index (χ0n) is 16.5. The highest BCUT2D eigenvalue weighted by molar-refractivity contribution is 6.30. The molecule has 1 aromatic rings. The molecule has 2 rings (SSSR count). The number of carbonyl (C=O) groups is 2. The van der Waals surface area contributed by atoms with Crippen molar-refractivity contribution in [2.75, 3.05) is 13.1 Å². The lowest BCUT2D eigenvalue weighted by Gasteiger charge is -2.50. The fourth-order valence-electron chi connectivity index (χ4n) is 2.74. The number of halogens is 2. The van der Waals surface area contributed by atoms with Crippen molar-refractivity contribution in [3.05, 3.63) is 34.6 Å². The molecule has 8 heteroatoms. The van der Waals surface area contributed by atoms with Gasteiger partial charge in [-0.3, -0.25) is 0 Å². The van der Waals surface area contributed by atoms with E-state index in [0.29, 0.717) is 5.02 Å². The van der Waals surface area contributed by atoms with Crippen molar-refractivity contribution in [1.29, 1.82) is 0 Å². The molecule has 1 aliphatic heterocycles. The molecule has 0 atom stereocenters. The summed E-state index contributed by atoms with van der Waals surface area (Å²) in [5.41, 5.74) is -2.32. The average molecular weight is 401 g/mol. The first-order chi connectivity index (χ1) is 12.2. The second-order valence-corrected chi connectivity index (χ2v) is 9.11. The topological polar surface area (TPSA) is 67.9 Å². The van der Waals surface area contributed by atoms with Crippen molar-refractivity contribution < 1.29 is 23.5 Å². The van der Waals surface area contributed by atoms with Gasteiger partial charge in [-0.05, 0) is 59.7 Å². The van der Waals surface area contributed by atoms with Gasteiger partial charge in [0.05, 0.1) is 13.1 Å². The van der Waals surface area contributed by atoms with E-state index in [1.165, 1.54) is 23.1 Å². The molecule has 1 aromatic carbocycles. The fraction of sp³-hybridized carbons (Fsp3) is 0.579. The Morgan fingerprint density at radius 1 is 1.11 bits per heavy atom. The predicted molar refractivity (Wildman–Crippen MR) is 100 cm³/mol. The highest BCUT2D eigenvalue weighted by Crippen LogP contribution is 2.36.